The first-order valence-electron chi connectivity index (χ1n) is 9.15. The Hall–Kier alpha value is -3.81. The molecule has 0 aliphatic carbocycles. The van der Waals surface area contributed by atoms with Crippen molar-refractivity contribution in [2.75, 3.05) is 17.4 Å². The SMILES string of the molecule is CC(C)Oc1ccc(NC(=O)c2ccc(Nc3ccc4c(c3)OCO4)nn2)cc1. The third-order valence-corrected chi connectivity index (χ3v) is 4.03. The molecule has 2 heterocycles. The average Bonchev–Trinajstić information content (AvgIpc) is 3.17. The van der Waals surface area contributed by atoms with Crippen LogP contribution in [0.2, 0.25) is 0 Å². The number of fused-ring (bicyclic) bond motifs is 1. The molecule has 148 valence electrons. The van der Waals surface area contributed by atoms with E-state index >= 15 is 0 Å². The van der Waals surface area contributed by atoms with Gasteiger partial charge in [-0.2, -0.15) is 0 Å². The second-order valence-electron chi connectivity index (χ2n) is 6.64. The van der Waals surface area contributed by atoms with Crippen molar-refractivity contribution < 1.29 is 19.0 Å². The molecule has 0 spiro atoms. The fraction of sp³-hybridized carbons (Fsp3) is 0.190. The number of nitrogens with zero attached hydrogens (tertiary/aromatic N) is 2. The molecule has 1 aliphatic rings. The van der Waals surface area contributed by atoms with Crippen LogP contribution in [0.25, 0.3) is 0 Å². The Labute approximate surface area is 167 Å². The van der Waals surface area contributed by atoms with Gasteiger partial charge in [-0.1, -0.05) is 0 Å². The third-order valence-electron chi connectivity index (χ3n) is 4.03. The molecule has 0 unspecified atom stereocenters. The van der Waals surface area contributed by atoms with Gasteiger partial charge in [-0.3, -0.25) is 4.79 Å². The first kappa shape index (κ1) is 18.5. The van der Waals surface area contributed by atoms with Crippen LogP contribution in [0, 0.1) is 0 Å². The van der Waals surface area contributed by atoms with Gasteiger partial charge >= 0.3 is 0 Å². The number of amides is 1. The van der Waals surface area contributed by atoms with Crippen LogP contribution in [0.1, 0.15) is 24.3 Å². The number of benzene rings is 2. The number of aromatic nitrogens is 2. The topological polar surface area (TPSA) is 94.6 Å². The van der Waals surface area contributed by atoms with Crippen molar-refractivity contribution in [3.05, 3.63) is 60.3 Å². The molecule has 1 aliphatic heterocycles. The summed E-state index contributed by atoms with van der Waals surface area (Å²) in [5, 5.41) is 14.0. The van der Waals surface area contributed by atoms with Crippen LogP contribution in [0.5, 0.6) is 17.2 Å². The minimum atomic E-state index is -0.343. The molecule has 0 fully saturated rings. The molecule has 1 aromatic heterocycles. The molecule has 29 heavy (non-hydrogen) atoms. The third kappa shape index (κ3) is 4.55. The number of ether oxygens (including phenoxy) is 3. The molecule has 0 radical (unpaired) electrons. The number of carbonyl (C=O) groups excluding carboxylic acids is 1. The van der Waals surface area contributed by atoms with Gasteiger partial charge in [0.15, 0.2) is 23.0 Å². The van der Waals surface area contributed by atoms with Crippen molar-refractivity contribution in [1.82, 2.24) is 10.2 Å². The van der Waals surface area contributed by atoms with E-state index in [1.807, 2.05) is 32.0 Å². The maximum atomic E-state index is 12.4. The number of rotatable bonds is 6. The van der Waals surface area contributed by atoms with Crippen LogP contribution in [0.3, 0.4) is 0 Å². The molecular weight excluding hydrogens is 372 g/mol. The van der Waals surface area contributed by atoms with E-state index in [9.17, 15) is 4.79 Å². The normalized spacial score (nSPS) is 12.0. The molecular formula is C21H20N4O4. The van der Waals surface area contributed by atoms with Crippen molar-refractivity contribution in [2.24, 2.45) is 0 Å². The van der Waals surface area contributed by atoms with E-state index < -0.39 is 0 Å². The summed E-state index contributed by atoms with van der Waals surface area (Å²) in [5.74, 6) is 2.29. The van der Waals surface area contributed by atoms with E-state index in [4.69, 9.17) is 14.2 Å². The molecule has 0 saturated carbocycles. The average molecular weight is 392 g/mol. The summed E-state index contributed by atoms with van der Waals surface area (Å²) in [4.78, 5) is 12.4. The lowest BCUT2D eigenvalue weighted by Crippen LogP contribution is -2.14. The molecule has 0 saturated heterocycles. The van der Waals surface area contributed by atoms with Crippen molar-refractivity contribution in [3.63, 3.8) is 0 Å². The second-order valence-corrected chi connectivity index (χ2v) is 6.64. The zero-order valence-corrected chi connectivity index (χ0v) is 16.0. The van der Waals surface area contributed by atoms with Gasteiger partial charge in [0, 0.05) is 17.4 Å². The summed E-state index contributed by atoms with van der Waals surface area (Å²) in [6, 6.07) is 15.9. The molecule has 8 nitrogen and oxygen atoms in total. The van der Waals surface area contributed by atoms with Gasteiger partial charge in [-0.05, 0) is 62.4 Å². The maximum Gasteiger partial charge on any atom is 0.276 e. The lowest BCUT2D eigenvalue weighted by atomic mass is 10.2. The number of carbonyl (C=O) groups is 1. The zero-order valence-electron chi connectivity index (χ0n) is 16.0. The highest BCUT2D eigenvalue weighted by atomic mass is 16.7. The van der Waals surface area contributed by atoms with Crippen molar-refractivity contribution in [3.8, 4) is 17.2 Å². The highest BCUT2D eigenvalue weighted by Gasteiger charge is 2.14. The number of hydrogen-bond donors (Lipinski definition) is 2. The summed E-state index contributed by atoms with van der Waals surface area (Å²) in [5.41, 5.74) is 1.64. The van der Waals surface area contributed by atoms with Crippen molar-refractivity contribution in [2.45, 2.75) is 20.0 Å². The summed E-state index contributed by atoms with van der Waals surface area (Å²) < 4.78 is 16.2. The van der Waals surface area contributed by atoms with E-state index in [0.717, 1.165) is 11.4 Å². The largest absolute Gasteiger partial charge is 0.491 e. The number of nitrogens with one attached hydrogen (secondary N) is 2. The zero-order chi connectivity index (χ0) is 20.2. The first-order chi connectivity index (χ1) is 14.1. The summed E-state index contributed by atoms with van der Waals surface area (Å²) in [6.45, 7) is 4.13. The predicted octanol–water partition coefficient (Wildman–Crippen LogP) is 3.99. The first-order valence-corrected chi connectivity index (χ1v) is 9.15. The van der Waals surface area contributed by atoms with Crippen LogP contribution >= 0.6 is 0 Å². The molecule has 3 aromatic rings. The van der Waals surface area contributed by atoms with E-state index in [-0.39, 0.29) is 24.5 Å². The smallest absolute Gasteiger partial charge is 0.276 e. The summed E-state index contributed by atoms with van der Waals surface area (Å²) in [6.07, 6.45) is 0.0931. The molecule has 0 atom stereocenters. The van der Waals surface area contributed by atoms with E-state index in [1.165, 1.54) is 0 Å². The lowest BCUT2D eigenvalue weighted by molar-refractivity contribution is 0.102. The summed E-state index contributed by atoms with van der Waals surface area (Å²) >= 11 is 0. The molecule has 8 heteroatoms. The molecule has 2 aromatic carbocycles. The molecule has 1 amide bonds. The van der Waals surface area contributed by atoms with Gasteiger partial charge in [0.1, 0.15) is 5.75 Å². The predicted molar refractivity (Wildman–Crippen MR) is 108 cm³/mol. The Morgan fingerprint density at radius 3 is 2.45 bits per heavy atom. The van der Waals surface area contributed by atoms with Crippen LogP contribution in [-0.2, 0) is 0 Å². The van der Waals surface area contributed by atoms with Crippen LogP contribution in [-0.4, -0.2) is 29.0 Å². The van der Waals surface area contributed by atoms with Crippen molar-refractivity contribution in [1.29, 1.82) is 0 Å². The Morgan fingerprint density at radius 1 is 0.966 bits per heavy atom. The van der Waals surface area contributed by atoms with Gasteiger partial charge < -0.3 is 24.8 Å². The summed E-state index contributed by atoms with van der Waals surface area (Å²) in [7, 11) is 0. The van der Waals surface area contributed by atoms with Gasteiger partial charge in [-0.25, -0.2) is 0 Å². The molecule has 4 rings (SSSR count). The van der Waals surface area contributed by atoms with Crippen LogP contribution in [0.15, 0.2) is 54.6 Å². The fourth-order valence-corrected chi connectivity index (χ4v) is 2.73. The van der Waals surface area contributed by atoms with E-state index in [1.54, 1.807) is 36.4 Å². The van der Waals surface area contributed by atoms with Crippen LogP contribution in [0.4, 0.5) is 17.2 Å². The lowest BCUT2D eigenvalue weighted by Gasteiger charge is -2.10. The Balaban J connectivity index is 1.37. The number of anilines is 3. The van der Waals surface area contributed by atoms with Gasteiger partial charge in [0.25, 0.3) is 5.91 Å². The quantitative estimate of drug-likeness (QED) is 0.655. The Bertz CT molecular complexity index is 1000. The van der Waals surface area contributed by atoms with E-state index in [2.05, 4.69) is 20.8 Å². The molecule has 2 N–H and O–H groups in total. The number of hydrogen-bond acceptors (Lipinski definition) is 7. The molecule has 0 bridgehead atoms. The maximum absolute atomic E-state index is 12.4. The van der Waals surface area contributed by atoms with Gasteiger partial charge in [0.2, 0.25) is 6.79 Å². The fourth-order valence-electron chi connectivity index (χ4n) is 2.73. The standard InChI is InChI=1S/C21H20N4O4/c1-13(2)29-16-6-3-14(4-7-16)23-21(26)17-8-10-20(25-24-17)22-15-5-9-18-19(11-15)28-12-27-18/h3-11,13H,12H2,1-2H3,(H,22,25)(H,23,26). The van der Waals surface area contributed by atoms with Gasteiger partial charge in [-0.15, -0.1) is 10.2 Å². The van der Waals surface area contributed by atoms with Crippen LogP contribution < -0.4 is 24.8 Å². The van der Waals surface area contributed by atoms with Crippen molar-refractivity contribution >= 4 is 23.1 Å². The Kier molecular flexibility index (Phi) is 5.15. The highest BCUT2D eigenvalue weighted by Crippen LogP contribution is 2.34. The minimum absolute atomic E-state index is 0.0931. The monoisotopic (exact) mass is 392 g/mol. The minimum Gasteiger partial charge on any atom is -0.491 e. The second kappa shape index (κ2) is 8.05. The van der Waals surface area contributed by atoms with E-state index in [0.29, 0.717) is 23.0 Å². The van der Waals surface area contributed by atoms with Gasteiger partial charge in [0.05, 0.1) is 6.10 Å². The Morgan fingerprint density at radius 2 is 1.72 bits per heavy atom. The highest BCUT2D eigenvalue weighted by molar-refractivity contribution is 6.02.